The first kappa shape index (κ1) is 18.6. The summed E-state index contributed by atoms with van der Waals surface area (Å²) in [6.07, 6.45) is 7.78. The second-order valence-corrected chi connectivity index (χ2v) is 9.50. The van der Waals surface area contributed by atoms with Gasteiger partial charge < -0.3 is 5.73 Å². The predicted octanol–water partition coefficient (Wildman–Crippen LogP) is 2.81. The largest absolute Gasteiger partial charge is 0.320 e. The van der Waals surface area contributed by atoms with E-state index in [0.717, 1.165) is 28.7 Å². The van der Waals surface area contributed by atoms with Crippen molar-refractivity contribution < 1.29 is 9.59 Å². The molecule has 0 spiro atoms. The van der Waals surface area contributed by atoms with Crippen LogP contribution >= 0.6 is 0 Å². The number of amides is 2. The van der Waals surface area contributed by atoms with Gasteiger partial charge in [-0.2, -0.15) is 0 Å². The van der Waals surface area contributed by atoms with E-state index >= 15 is 0 Å². The highest BCUT2D eigenvalue weighted by Crippen LogP contribution is 2.61. The van der Waals surface area contributed by atoms with Crippen molar-refractivity contribution in [2.75, 3.05) is 0 Å². The number of carbonyl (C=O) groups excluding carboxylic acids is 2. The Kier molecular flexibility index (Phi) is 4.35. The van der Waals surface area contributed by atoms with Gasteiger partial charge >= 0.3 is 0 Å². The third kappa shape index (κ3) is 3.19. The number of rotatable bonds is 3. The lowest BCUT2D eigenvalue weighted by Crippen LogP contribution is -2.49. The lowest BCUT2D eigenvalue weighted by molar-refractivity contribution is -0.122. The van der Waals surface area contributed by atoms with Crippen molar-refractivity contribution in [1.82, 2.24) is 15.8 Å². The maximum atomic E-state index is 12.8. The zero-order valence-electron chi connectivity index (χ0n) is 16.8. The van der Waals surface area contributed by atoms with Gasteiger partial charge in [-0.3, -0.25) is 20.4 Å². The molecule has 29 heavy (non-hydrogen) atoms. The van der Waals surface area contributed by atoms with Gasteiger partial charge in [0, 0.05) is 5.39 Å². The van der Waals surface area contributed by atoms with Crippen LogP contribution in [0.1, 0.15) is 61.5 Å². The third-order valence-corrected chi connectivity index (χ3v) is 7.27. The van der Waals surface area contributed by atoms with Crippen molar-refractivity contribution in [2.24, 2.45) is 23.5 Å². The molecule has 0 aliphatic heterocycles. The van der Waals surface area contributed by atoms with E-state index in [1.54, 1.807) is 6.92 Å². The molecule has 0 saturated heterocycles. The van der Waals surface area contributed by atoms with Gasteiger partial charge in [0.1, 0.15) is 5.69 Å². The van der Waals surface area contributed by atoms with Crippen LogP contribution < -0.4 is 16.6 Å². The van der Waals surface area contributed by atoms with E-state index in [1.165, 1.54) is 44.1 Å². The zero-order valence-corrected chi connectivity index (χ0v) is 16.8. The molecule has 6 heteroatoms. The monoisotopic (exact) mass is 392 g/mol. The van der Waals surface area contributed by atoms with E-state index in [9.17, 15) is 9.59 Å². The molecule has 1 aromatic heterocycles. The highest BCUT2D eigenvalue weighted by Gasteiger charge is 2.52. The minimum Gasteiger partial charge on any atom is -0.320 e. The molecule has 4 N–H and O–H groups in total. The fraction of sp³-hybridized carbons (Fsp3) is 0.522. The van der Waals surface area contributed by atoms with Crippen molar-refractivity contribution in [3.8, 4) is 0 Å². The molecule has 0 unspecified atom stereocenters. The normalized spacial score (nSPS) is 30.9. The molecule has 4 saturated carbocycles. The molecular weight excluding hydrogens is 364 g/mol. The first-order valence-electron chi connectivity index (χ1n) is 10.7. The lowest BCUT2D eigenvalue weighted by Gasteiger charge is -2.57. The summed E-state index contributed by atoms with van der Waals surface area (Å²) in [7, 11) is 0. The molecule has 1 aromatic carbocycles. The number of nitrogens with two attached hydrogens (primary N) is 1. The van der Waals surface area contributed by atoms with Crippen molar-refractivity contribution >= 4 is 22.7 Å². The zero-order chi connectivity index (χ0) is 20.2. The van der Waals surface area contributed by atoms with E-state index in [1.807, 2.05) is 18.2 Å². The summed E-state index contributed by atoms with van der Waals surface area (Å²) in [5.74, 6) is 1.61. The van der Waals surface area contributed by atoms with Gasteiger partial charge in [0.15, 0.2) is 0 Å². The van der Waals surface area contributed by atoms with Gasteiger partial charge in [-0.1, -0.05) is 18.2 Å². The molecule has 6 rings (SSSR count). The van der Waals surface area contributed by atoms with Crippen molar-refractivity contribution in [3.05, 3.63) is 41.6 Å². The molecule has 2 aromatic rings. The highest BCUT2D eigenvalue weighted by atomic mass is 16.2. The molecule has 4 aliphatic rings. The van der Waals surface area contributed by atoms with Crippen LogP contribution in [0.25, 0.3) is 10.9 Å². The van der Waals surface area contributed by atoms with Gasteiger partial charge in [-0.15, -0.1) is 0 Å². The second-order valence-electron chi connectivity index (χ2n) is 9.50. The average Bonchev–Trinajstić information content (AvgIpc) is 2.69. The minimum atomic E-state index is -0.692. The number of hydrazine groups is 1. The summed E-state index contributed by atoms with van der Waals surface area (Å²) >= 11 is 0. The number of benzene rings is 1. The quantitative estimate of drug-likeness (QED) is 0.700. The lowest BCUT2D eigenvalue weighted by atomic mass is 9.48. The number of pyridine rings is 1. The van der Waals surface area contributed by atoms with Gasteiger partial charge in [0.05, 0.1) is 11.6 Å². The van der Waals surface area contributed by atoms with Crippen molar-refractivity contribution in [3.63, 3.8) is 0 Å². The van der Waals surface area contributed by atoms with Crippen LogP contribution in [0, 0.1) is 17.8 Å². The molecule has 2 amide bonds. The standard InChI is InChI=1S/C23H28N4O2/c1-13(24)21(28)26-27-22(29)20-9-18(17-4-2-3-5-19(17)25-20)23-10-14-6-15(11-23)8-16(7-14)12-23/h2-5,9,13-16H,6-8,10-12,24H2,1H3,(H,26,28)(H,27,29)/t13-,14?,15?,16?,23?/m1/s1. The van der Waals surface area contributed by atoms with E-state index in [4.69, 9.17) is 5.73 Å². The predicted molar refractivity (Wildman–Crippen MR) is 111 cm³/mol. The van der Waals surface area contributed by atoms with Gasteiger partial charge in [0.25, 0.3) is 11.8 Å². The molecule has 0 radical (unpaired) electrons. The maximum Gasteiger partial charge on any atom is 0.288 e. The van der Waals surface area contributed by atoms with Gasteiger partial charge in [-0.25, -0.2) is 4.98 Å². The number of carbonyl (C=O) groups is 2. The van der Waals surface area contributed by atoms with Gasteiger partial charge in [0.2, 0.25) is 0 Å². The van der Waals surface area contributed by atoms with Crippen LogP contribution in [0.4, 0.5) is 0 Å². The van der Waals surface area contributed by atoms with Crippen LogP contribution in [-0.2, 0) is 10.2 Å². The van der Waals surface area contributed by atoms with Crippen molar-refractivity contribution in [1.29, 1.82) is 0 Å². The summed E-state index contributed by atoms with van der Waals surface area (Å²) < 4.78 is 0. The summed E-state index contributed by atoms with van der Waals surface area (Å²) in [5.41, 5.74) is 13.0. The van der Waals surface area contributed by atoms with E-state index in [-0.39, 0.29) is 5.41 Å². The summed E-state index contributed by atoms with van der Waals surface area (Å²) in [5, 5.41) is 1.16. The molecule has 4 aliphatic carbocycles. The van der Waals surface area contributed by atoms with Crippen LogP contribution in [0.5, 0.6) is 0 Å². The van der Waals surface area contributed by atoms with Gasteiger partial charge in [-0.05, 0) is 86.3 Å². The second kappa shape index (κ2) is 6.80. The number of aromatic nitrogens is 1. The summed E-state index contributed by atoms with van der Waals surface area (Å²) in [6.45, 7) is 1.57. The fourth-order valence-electron chi connectivity index (χ4n) is 6.47. The number of hydrogen-bond donors (Lipinski definition) is 3. The fourth-order valence-corrected chi connectivity index (χ4v) is 6.47. The summed E-state index contributed by atoms with van der Waals surface area (Å²) in [4.78, 5) is 29.1. The first-order valence-corrected chi connectivity index (χ1v) is 10.7. The molecule has 4 fully saturated rings. The molecule has 4 bridgehead atoms. The van der Waals surface area contributed by atoms with E-state index in [0.29, 0.717) is 5.69 Å². The molecule has 6 nitrogen and oxygen atoms in total. The smallest absolute Gasteiger partial charge is 0.288 e. The number of para-hydroxylation sites is 1. The van der Waals surface area contributed by atoms with Crippen LogP contribution in [-0.4, -0.2) is 22.8 Å². The Bertz CT molecular complexity index is 949. The van der Waals surface area contributed by atoms with Crippen LogP contribution in [0.15, 0.2) is 30.3 Å². The Morgan fingerprint density at radius 1 is 1.07 bits per heavy atom. The Morgan fingerprint density at radius 3 is 2.31 bits per heavy atom. The SMILES string of the molecule is C[C@@H](N)C(=O)NNC(=O)c1cc(C23CC4CC(CC(C4)C2)C3)c2ccccc2n1. The van der Waals surface area contributed by atoms with Crippen LogP contribution in [0.2, 0.25) is 0 Å². The van der Waals surface area contributed by atoms with E-state index < -0.39 is 17.9 Å². The minimum absolute atomic E-state index is 0.154. The Hall–Kier alpha value is -2.47. The Balaban J connectivity index is 1.53. The molecule has 152 valence electrons. The highest BCUT2D eigenvalue weighted by molar-refractivity contribution is 5.97. The molecule has 1 atom stereocenters. The molecular formula is C23H28N4O2. The first-order chi connectivity index (χ1) is 13.9. The number of fused-ring (bicyclic) bond motifs is 1. The average molecular weight is 393 g/mol. The van der Waals surface area contributed by atoms with E-state index in [2.05, 4.69) is 28.0 Å². The van der Waals surface area contributed by atoms with Crippen molar-refractivity contribution in [2.45, 2.75) is 56.9 Å². The topological polar surface area (TPSA) is 97.1 Å². The third-order valence-electron chi connectivity index (χ3n) is 7.27. The Labute approximate surface area is 170 Å². The van der Waals surface area contributed by atoms with Crippen LogP contribution in [0.3, 0.4) is 0 Å². The Morgan fingerprint density at radius 2 is 1.69 bits per heavy atom. The number of nitrogens with zero attached hydrogens (tertiary/aromatic N) is 1. The number of hydrogen-bond acceptors (Lipinski definition) is 4. The number of nitrogens with one attached hydrogen (secondary N) is 2. The summed E-state index contributed by atoms with van der Waals surface area (Å²) in [6, 6.07) is 9.40. The molecule has 1 heterocycles. The maximum absolute atomic E-state index is 12.8.